The summed E-state index contributed by atoms with van der Waals surface area (Å²) in [6.07, 6.45) is 0. The number of nitrogens with zero attached hydrogens (tertiary/aromatic N) is 1. The van der Waals surface area contributed by atoms with Gasteiger partial charge >= 0.3 is 0 Å². The lowest BCUT2D eigenvalue weighted by atomic mass is 10.2. The van der Waals surface area contributed by atoms with Gasteiger partial charge in [-0.15, -0.1) is 0 Å². The Morgan fingerprint density at radius 1 is 0.929 bits per heavy atom. The zero-order valence-corrected chi connectivity index (χ0v) is 15.7. The van der Waals surface area contributed by atoms with Gasteiger partial charge in [0.25, 0.3) is 5.69 Å². The Bertz CT molecular complexity index is 996. The zero-order valence-electron chi connectivity index (χ0n) is 14.9. The van der Waals surface area contributed by atoms with Crippen molar-refractivity contribution in [3.8, 4) is 17.2 Å². The number of nitro groups is 1. The Labute approximate surface area is 167 Å². The molecule has 142 valence electrons. The van der Waals surface area contributed by atoms with E-state index in [4.69, 9.17) is 21.7 Å². The molecule has 7 nitrogen and oxygen atoms in total. The number of non-ortho nitro benzene ring substituents is 1. The highest BCUT2D eigenvalue weighted by Gasteiger charge is 2.13. The Hall–Kier alpha value is -3.65. The monoisotopic (exact) mass is 395 g/mol. The van der Waals surface area contributed by atoms with E-state index in [1.165, 1.54) is 25.3 Å². The highest BCUT2D eigenvalue weighted by Crippen LogP contribution is 2.31. The lowest BCUT2D eigenvalue weighted by Crippen LogP contribution is -2.19. The number of ether oxygens (including phenoxy) is 2. The van der Waals surface area contributed by atoms with Gasteiger partial charge in [0, 0.05) is 6.07 Å². The molecule has 0 saturated carbocycles. The van der Waals surface area contributed by atoms with Gasteiger partial charge < -0.3 is 20.1 Å². The molecule has 0 aliphatic rings. The van der Waals surface area contributed by atoms with Crippen molar-refractivity contribution in [3.63, 3.8) is 0 Å². The first-order chi connectivity index (χ1) is 13.6. The van der Waals surface area contributed by atoms with Gasteiger partial charge in [0.05, 0.1) is 29.5 Å². The third-order valence-electron chi connectivity index (χ3n) is 3.75. The van der Waals surface area contributed by atoms with Crippen LogP contribution >= 0.6 is 12.2 Å². The zero-order chi connectivity index (χ0) is 19.9. The first kappa shape index (κ1) is 19.1. The summed E-state index contributed by atoms with van der Waals surface area (Å²) in [6, 6.07) is 21.0. The smallest absolute Gasteiger partial charge is 0.273 e. The van der Waals surface area contributed by atoms with Crippen LogP contribution in [-0.4, -0.2) is 17.1 Å². The number of methoxy groups -OCH3 is 1. The highest BCUT2D eigenvalue weighted by molar-refractivity contribution is 7.80. The maximum absolute atomic E-state index is 10.9. The Balaban J connectivity index is 1.75. The minimum Gasteiger partial charge on any atom is -0.494 e. The van der Waals surface area contributed by atoms with E-state index >= 15 is 0 Å². The third-order valence-corrected chi connectivity index (χ3v) is 3.95. The number of hydrogen-bond acceptors (Lipinski definition) is 5. The van der Waals surface area contributed by atoms with Crippen molar-refractivity contribution in [1.29, 1.82) is 0 Å². The summed E-state index contributed by atoms with van der Waals surface area (Å²) in [6.45, 7) is 0. The predicted octanol–water partition coefficient (Wildman–Crippen LogP) is 5.20. The predicted molar refractivity (Wildman–Crippen MR) is 112 cm³/mol. The van der Waals surface area contributed by atoms with Crippen LogP contribution in [0, 0.1) is 10.1 Å². The maximum atomic E-state index is 10.9. The molecule has 0 amide bonds. The summed E-state index contributed by atoms with van der Waals surface area (Å²) in [5.41, 5.74) is 1.11. The number of anilines is 2. The van der Waals surface area contributed by atoms with Crippen LogP contribution in [0.3, 0.4) is 0 Å². The molecule has 0 unspecified atom stereocenters. The molecule has 3 rings (SSSR count). The number of para-hydroxylation sites is 3. The molecule has 0 aliphatic carbocycles. The molecule has 3 aromatic rings. The quantitative estimate of drug-likeness (QED) is 0.337. The van der Waals surface area contributed by atoms with Crippen LogP contribution < -0.4 is 20.1 Å². The van der Waals surface area contributed by atoms with Crippen LogP contribution in [-0.2, 0) is 0 Å². The van der Waals surface area contributed by atoms with Gasteiger partial charge in [0.2, 0.25) is 0 Å². The van der Waals surface area contributed by atoms with Gasteiger partial charge in [0.1, 0.15) is 11.5 Å². The second-order valence-electron chi connectivity index (χ2n) is 5.63. The molecule has 2 N–H and O–H groups in total. The fraction of sp³-hybridized carbons (Fsp3) is 0.0500. The van der Waals surface area contributed by atoms with Crippen LogP contribution in [0.25, 0.3) is 0 Å². The van der Waals surface area contributed by atoms with Crippen LogP contribution in [0.15, 0.2) is 72.8 Å². The Morgan fingerprint density at radius 2 is 1.57 bits per heavy atom. The molecule has 0 atom stereocenters. The Morgan fingerprint density at radius 3 is 2.25 bits per heavy atom. The first-order valence-corrected chi connectivity index (χ1v) is 8.70. The summed E-state index contributed by atoms with van der Waals surface area (Å²) in [4.78, 5) is 10.4. The molecule has 8 heteroatoms. The second kappa shape index (κ2) is 8.83. The van der Waals surface area contributed by atoms with Crippen molar-refractivity contribution in [3.05, 3.63) is 82.9 Å². The molecule has 0 radical (unpaired) electrons. The number of nitrogens with one attached hydrogen (secondary N) is 2. The summed E-state index contributed by atoms with van der Waals surface area (Å²) < 4.78 is 11.1. The van der Waals surface area contributed by atoms with Crippen molar-refractivity contribution in [2.24, 2.45) is 0 Å². The number of rotatable bonds is 6. The van der Waals surface area contributed by atoms with Crippen molar-refractivity contribution in [2.45, 2.75) is 0 Å². The van der Waals surface area contributed by atoms with Crippen molar-refractivity contribution in [1.82, 2.24) is 0 Å². The summed E-state index contributed by atoms with van der Waals surface area (Å²) in [7, 11) is 1.43. The normalized spacial score (nSPS) is 10.0. The van der Waals surface area contributed by atoms with E-state index in [9.17, 15) is 10.1 Å². The molecular weight excluding hydrogens is 378 g/mol. The number of hydrogen-bond donors (Lipinski definition) is 2. The van der Waals surface area contributed by atoms with E-state index in [2.05, 4.69) is 10.6 Å². The van der Waals surface area contributed by atoms with E-state index in [0.717, 1.165) is 0 Å². The molecule has 3 aromatic carbocycles. The number of thiocarbonyl (C=S) groups is 1. The summed E-state index contributed by atoms with van der Waals surface area (Å²) in [5.74, 6) is 1.62. The standard InChI is InChI=1S/C20H17N3O4S/c1-26-19-13-14(23(24)25)11-12-17(19)22-20(28)21-16-9-5-6-10-18(16)27-15-7-3-2-4-8-15/h2-13H,1H3,(H2,21,22,28). The number of nitro benzene ring substituents is 1. The fourth-order valence-electron chi connectivity index (χ4n) is 2.45. The molecule has 28 heavy (non-hydrogen) atoms. The van der Waals surface area contributed by atoms with Gasteiger partial charge in [-0.05, 0) is 42.5 Å². The van der Waals surface area contributed by atoms with Gasteiger partial charge in [0.15, 0.2) is 10.9 Å². The van der Waals surface area contributed by atoms with Gasteiger partial charge in [-0.2, -0.15) is 0 Å². The van der Waals surface area contributed by atoms with E-state index in [0.29, 0.717) is 28.6 Å². The molecule has 0 aromatic heterocycles. The minimum absolute atomic E-state index is 0.0668. The number of benzene rings is 3. The molecular formula is C20H17N3O4S. The van der Waals surface area contributed by atoms with Crippen LogP contribution in [0.4, 0.5) is 17.1 Å². The summed E-state index contributed by atoms with van der Waals surface area (Å²) in [5, 5.41) is 17.3. The Kier molecular flexibility index (Phi) is 6.03. The molecule has 0 spiro atoms. The first-order valence-electron chi connectivity index (χ1n) is 8.29. The van der Waals surface area contributed by atoms with E-state index in [1.807, 2.05) is 54.6 Å². The minimum atomic E-state index is -0.486. The second-order valence-corrected chi connectivity index (χ2v) is 6.04. The van der Waals surface area contributed by atoms with E-state index in [1.54, 1.807) is 0 Å². The maximum Gasteiger partial charge on any atom is 0.273 e. The van der Waals surface area contributed by atoms with E-state index < -0.39 is 4.92 Å². The van der Waals surface area contributed by atoms with Crippen LogP contribution in [0.1, 0.15) is 0 Å². The summed E-state index contributed by atoms with van der Waals surface area (Å²) >= 11 is 5.37. The van der Waals surface area contributed by atoms with E-state index in [-0.39, 0.29) is 10.8 Å². The average Bonchev–Trinajstić information content (AvgIpc) is 2.70. The van der Waals surface area contributed by atoms with Crippen molar-refractivity contribution < 1.29 is 14.4 Å². The van der Waals surface area contributed by atoms with Crippen molar-refractivity contribution in [2.75, 3.05) is 17.7 Å². The SMILES string of the molecule is COc1cc([N+](=O)[O-])ccc1NC(=S)Nc1ccccc1Oc1ccccc1. The largest absolute Gasteiger partial charge is 0.494 e. The third kappa shape index (κ3) is 4.74. The average molecular weight is 395 g/mol. The van der Waals surface area contributed by atoms with Gasteiger partial charge in [-0.1, -0.05) is 30.3 Å². The fourth-order valence-corrected chi connectivity index (χ4v) is 2.67. The van der Waals surface area contributed by atoms with Gasteiger partial charge in [-0.25, -0.2) is 0 Å². The lowest BCUT2D eigenvalue weighted by molar-refractivity contribution is -0.384. The lowest BCUT2D eigenvalue weighted by Gasteiger charge is -2.16. The molecule has 0 saturated heterocycles. The molecule has 0 fully saturated rings. The van der Waals surface area contributed by atoms with Crippen LogP contribution in [0.5, 0.6) is 17.2 Å². The highest BCUT2D eigenvalue weighted by atomic mass is 32.1. The molecule has 0 heterocycles. The van der Waals surface area contributed by atoms with Crippen LogP contribution in [0.2, 0.25) is 0 Å². The van der Waals surface area contributed by atoms with Crippen molar-refractivity contribution >= 4 is 34.4 Å². The topological polar surface area (TPSA) is 85.7 Å². The molecule has 0 aliphatic heterocycles. The molecule has 0 bridgehead atoms. The van der Waals surface area contributed by atoms with Gasteiger partial charge in [-0.3, -0.25) is 10.1 Å².